The number of benzene rings is 2. The van der Waals surface area contributed by atoms with Crippen LogP contribution in [0.5, 0.6) is 23.0 Å². The van der Waals surface area contributed by atoms with E-state index in [1.807, 2.05) is 0 Å². The lowest BCUT2D eigenvalue weighted by Crippen LogP contribution is -2.00. The molecular formula is C17H20O5. The number of rotatable bonds is 6. The molecular weight excluding hydrogens is 284 g/mol. The molecule has 22 heavy (non-hydrogen) atoms. The third-order valence-electron chi connectivity index (χ3n) is 3.49. The van der Waals surface area contributed by atoms with Gasteiger partial charge >= 0.3 is 0 Å². The summed E-state index contributed by atoms with van der Waals surface area (Å²) in [4.78, 5) is 0. The molecule has 0 saturated heterocycles. The van der Waals surface area contributed by atoms with Crippen molar-refractivity contribution in [3.05, 3.63) is 35.9 Å². The number of phenols is 2. The van der Waals surface area contributed by atoms with Crippen molar-refractivity contribution in [1.29, 1.82) is 0 Å². The molecule has 0 unspecified atom stereocenters. The first kappa shape index (κ1) is 16.0. The van der Waals surface area contributed by atoms with E-state index in [0.29, 0.717) is 35.5 Å². The van der Waals surface area contributed by atoms with Crippen molar-refractivity contribution >= 4 is 0 Å². The van der Waals surface area contributed by atoms with Crippen LogP contribution in [-0.4, -0.2) is 36.1 Å². The second-order valence-corrected chi connectivity index (χ2v) is 4.86. The van der Waals surface area contributed by atoms with Crippen molar-refractivity contribution in [2.24, 2.45) is 0 Å². The van der Waals surface area contributed by atoms with Crippen molar-refractivity contribution in [3.63, 3.8) is 0 Å². The van der Waals surface area contributed by atoms with Crippen LogP contribution in [0.2, 0.25) is 0 Å². The Kier molecular flexibility index (Phi) is 5.12. The molecule has 0 spiro atoms. The summed E-state index contributed by atoms with van der Waals surface area (Å²) in [5.41, 5.74) is 2.07. The smallest absolute Gasteiger partial charge is 0.169 e. The maximum Gasteiger partial charge on any atom is 0.169 e. The van der Waals surface area contributed by atoms with Crippen molar-refractivity contribution < 1.29 is 24.8 Å². The molecule has 2 aromatic carbocycles. The van der Waals surface area contributed by atoms with Gasteiger partial charge in [-0.3, -0.25) is 0 Å². The highest BCUT2D eigenvalue weighted by Crippen LogP contribution is 2.45. The molecule has 0 bridgehead atoms. The van der Waals surface area contributed by atoms with E-state index in [4.69, 9.17) is 14.6 Å². The zero-order valence-corrected chi connectivity index (χ0v) is 12.7. The molecule has 0 aromatic heterocycles. The Hall–Kier alpha value is -2.40. The first-order chi connectivity index (χ1) is 10.6. The molecule has 0 radical (unpaired) electrons. The highest BCUT2D eigenvalue weighted by molar-refractivity contribution is 5.78. The van der Waals surface area contributed by atoms with E-state index in [2.05, 4.69) is 0 Å². The van der Waals surface area contributed by atoms with Crippen LogP contribution in [0.3, 0.4) is 0 Å². The van der Waals surface area contributed by atoms with Gasteiger partial charge in [-0.25, -0.2) is 0 Å². The summed E-state index contributed by atoms with van der Waals surface area (Å²) in [5.74, 6) is 1.23. The first-order valence-electron chi connectivity index (χ1n) is 6.99. The zero-order valence-electron chi connectivity index (χ0n) is 12.7. The highest BCUT2D eigenvalue weighted by Gasteiger charge is 2.20. The summed E-state index contributed by atoms with van der Waals surface area (Å²) in [7, 11) is 3.05. The van der Waals surface area contributed by atoms with E-state index < -0.39 is 0 Å². The number of aliphatic hydroxyl groups excluding tert-OH is 1. The first-order valence-corrected chi connectivity index (χ1v) is 6.99. The van der Waals surface area contributed by atoms with Crippen molar-refractivity contribution in [2.75, 3.05) is 20.8 Å². The molecule has 0 aliphatic rings. The second kappa shape index (κ2) is 7.04. The predicted molar refractivity (Wildman–Crippen MR) is 83.7 cm³/mol. The lowest BCUT2D eigenvalue weighted by molar-refractivity contribution is 0.286. The van der Waals surface area contributed by atoms with Crippen LogP contribution >= 0.6 is 0 Å². The van der Waals surface area contributed by atoms with Crippen LogP contribution in [0.4, 0.5) is 0 Å². The average molecular weight is 304 g/mol. The molecule has 5 heteroatoms. The number of aromatic hydroxyl groups is 2. The lowest BCUT2D eigenvalue weighted by atomic mass is 9.98. The Bertz CT molecular complexity index is 634. The molecule has 0 aliphatic heterocycles. The summed E-state index contributed by atoms with van der Waals surface area (Å²) in [6.45, 7) is 0.0324. The number of phenolic OH excluding ortho intramolecular Hbond substituents is 2. The maximum atomic E-state index is 10.3. The van der Waals surface area contributed by atoms with Gasteiger partial charge in [-0.15, -0.1) is 0 Å². The SMILES string of the molecule is COc1c(-c2ccc(O)cc2)cc(O)c(CCCO)c1OC. The number of hydrogen-bond donors (Lipinski definition) is 3. The third kappa shape index (κ3) is 3.09. The van der Waals surface area contributed by atoms with Gasteiger partial charge in [0.15, 0.2) is 11.5 Å². The number of hydrogen-bond acceptors (Lipinski definition) is 5. The Labute approximate surface area is 129 Å². The molecule has 2 rings (SSSR count). The maximum absolute atomic E-state index is 10.3. The standard InChI is InChI=1S/C17H20O5/c1-21-16-13(4-3-9-18)15(20)10-14(17(16)22-2)11-5-7-12(19)8-6-11/h5-8,10,18-20H,3-4,9H2,1-2H3. The van der Waals surface area contributed by atoms with Gasteiger partial charge in [0.05, 0.1) is 14.2 Å². The zero-order chi connectivity index (χ0) is 16.1. The van der Waals surface area contributed by atoms with Crippen LogP contribution < -0.4 is 9.47 Å². The minimum atomic E-state index is 0.0324. The largest absolute Gasteiger partial charge is 0.508 e. The molecule has 3 N–H and O–H groups in total. The topological polar surface area (TPSA) is 79.2 Å². The van der Waals surface area contributed by atoms with Gasteiger partial charge in [0, 0.05) is 17.7 Å². The fraction of sp³-hybridized carbons (Fsp3) is 0.294. The van der Waals surface area contributed by atoms with Crippen molar-refractivity contribution in [3.8, 4) is 34.1 Å². The summed E-state index contributed by atoms with van der Waals surface area (Å²) in [6.07, 6.45) is 1.00. The molecule has 2 aromatic rings. The van der Waals surface area contributed by atoms with Crippen LogP contribution in [0.15, 0.2) is 30.3 Å². The summed E-state index contributed by atoms with van der Waals surface area (Å²) < 4.78 is 10.9. The van der Waals surface area contributed by atoms with Crippen LogP contribution in [0.25, 0.3) is 11.1 Å². The van der Waals surface area contributed by atoms with E-state index in [1.54, 1.807) is 30.3 Å². The molecule has 0 amide bonds. The van der Waals surface area contributed by atoms with E-state index in [1.165, 1.54) is 14.2 Å². The predicted octanol–water partition coefficient (Wildman–Crippen LogP) is 2.71. The molecule has 0 atom stereocenters. The Balaban J connectivity index is 2.60. The lowest BCUT2D eigenvalue weighted by Gasteiger charge is -2.18. The van der Waals surface area contributed by atoms with Crippen molar-refractivity contribution in [2.45, 2.75) is 12.8 Å². The fourth-order valence-corrected chi connectivity index (χ4v) is 2.44. The molecule has 0 fully saturated rings. The summed E-state index contributed by atoms with van der Waals surface area (Å²) in [6, 6.07) is 8.22. The van der Waals surface area contributed by atoms with Gasteiger partial charge in [0.25, 0.3) is 0 Å². The molecule has 118 valence electrons. The van der Waals surface area contributed by atoms with Gasteiger partial charge < -0.3 is 24.8 Å². The van der Waals surface area contributed by atoms with Crippen LogP contribution in [-0.2, 0) is 6.42 Å². The Morgan fingerprint density at radius 3 is 2.14 bits per heavy atom. The van der Waals surface area contributed by atoms with Gasteiger partial charge in [-0.1, -0.05) is 12.1 Å². The van der Waals surface area contributed by atoms with Gasteiger partial charge in [-0.2, -0.15) is 0 Å². The fourth-order valence-electron chi connectivity index (χ4n) is 2.44. The highest BCUT2D eigenvalue weighted by atomic mass is 16.5. The monoisotopic (exact) mass is 304 g/mol. The van der Waals surface area contributed by atoms with Gasteiger partial charge in [0.1, 0.15) is 11.5 Å². The van der Waals surface area contributed by atoms with E-state index in [0.717, 1.165) is 5.56 Å². The van der Waals surface area contributed by atoms with Gasteiger partial charge in [0.2, 0.25) is 0 Å². The average Bonchev–Trinajstić information content (AvgIpc) is 2.53. The van der Waals surface area contributed by atoms with Crippen molar-refractivity contribution in [1.82, 2.24) is 0 Å². The number of aliphatic hydroxyl groups is 1. The van der Waals surface area contributed by atoms with Gasteiger partial charge in [-0.05, 0) is 36.6 Å². The summed E-state index contributed by atoms with van der Waals surface area (Å²) in [5, 5.41) is 28.7. The molecule has 0 saturated carbocycles. The minimum absolute atomic E-state index is 0.0324. The Morgan fingerprint density at radius 1 is 0.955 bits per heavy atom. The van der Waals surface area contributed by atoms with E-state index in [9.17, 15) is 10.2 Å². The number of ether oxygens (including phenoxy) is 2. The van der Waals surface area contributed by atoms with E-state index >= 15 is 0 Å². The Morgan fingerprint density at radius 2 is 1.59 bits per heavy atom. The van der Waals surface area contributed by atoms with Crippen LogP contribution in [0, 0.1) is 0 Å². The van der Waals surface area contributed by atoms with Crippen LogP contribution in [0.1, 0.15) is 12.0 Å². The summed E-state index contributed by atoms with van der Waals surface area (Å²) >= 11 is 0. The molecule has 0 heterocycles. The third-order valence-corrected chi connectivity index (χ3v) is 3.49. The van der Waals surface area contributed by atoms with E-state index in [-0.39, 0.29) is 18.1 Å². The number of methoxy groups -OCH3 is 2. The quantitative estimate of drug-likeness (QED) is 0.764. The minimum Gasteiger partial charge on any atom is -0.508 e. The second-order valence-electron chi connectivity index (χ2n) is 4.86. The normalized spacial score (nSPS) is 10.5. The molecule has 5 nitrogen and oxygen atoms in total. The molecule has 0 aliphatic carbocycles.